The molecule has 3 rings (SSSR count). The normalized spacial score (nSPS) is 10.1. The number of benzene rings is 3. The van der Waals surface area contributed by atoms with E-state index in [-0.39, 0.29) is 22.7 Å². The van der Waals surface area contributed by atoms with Gasteiger partial charge in [0.15, 0.2) is 0 Å². The number of nitriles is 1. The molecule has 134 valence electrons. The van der Waals surface area contributed by atoms with E-state index in [9.17, 15) is 15.4 Å². The number of hydrogen-bond acceptors (Lipinski definition) is 5. The number of nitro groups is 1. The Morgan fingerprint density at radius 2 is 1.37 bits per heavy atom. The Labute approximate surface area is 164 Å². The Kier molecular flexibility index (Phi) is 5.46. The lowest BCUT2D eigenvalue weighted by atomic mass is 10.1. The predicted molar refractivity (Wildman–Crippen MR) is 101 cm³/mol. The Bertz CT molecular complexity index is 1030. The summed E-state index contributed by atoms with van der Waals surface area (Å²) in [5, 5.41) is 22.0. The minimum Gasteiger partial charge on any atom is -0.456 e. The lowest BCUT2D eigenvalue weighted by molar-refractivity contribution is -0.385. The minimum absolute atomic E-state index is 0.103. The van der Waals surface area contributed by atoms with Crippen molar-refractivity contribution in [1.82, 2.24) is 0 Å². The van der Waals surface area contributed by atoms with Gasteiger partial charge in [-0.05, 0) is 54.6 Å². The number of nitro benzene ring substituents is 1. The van der Waals surface area contributed by atoms with Crippen LogP contribution in [0.1, 0.15) is 5.56 Å². The highest BCUT2D eigenvalue weighted by Gasteiger charge is 2.24. The lowest BCUT2D eigenvalue weighted by Gasteiger charge is -2.12. The highest BCUT2D eigenvalue weighted by Crippen LogP contribution is 2.41. The molecule has 3 aromatic rings. The summed E-state index contributed by atoms with van der Waals surface area (Å²) in [5.74, 6) is 0.621. The number of hydrogen-bond donors (Lipinski definition) is 0. The molecule has 0 heterocycles. The molecular weight excluding hydrogens is 391 g/mol. The first-order chi connectivity index (χ1) is 13.0. The van der Waals surface area contributed by atoms with Crippen molar-refractivity contribution in [2.75, 3.05) is 0 Å². The maximum atomic E-state index is 11.4. The van der Waals surface area contributed by atoms with Gasteiger partial charge in [0.2, 0.25) is 5.75 Å². The zero-order valence-corrected chi connectivity index (χ0v) is 15.1. The van der Waals surface area contributed by atoms with Gasteiger partial charge in [-0.15, -0.1) is 0 Å². The molecule has 0 fully saturated rings. The third kappa shape index (κ3) is 4.29. The van der Waals surface area contributed by atoms with Crippen LogP contribution in [-0.2, 0) is 0 Å². The van der Waals surface area contributed by atoms with Crippen molar-refractivity contribution >= 4 is 28.9 Å². The zero-order valence-electron chi connectivity index (χ0n) is 13.6. The third-order valence-corrected chi connectivity index (χ3v) is 3.99. The quantitative estimate of drug-likeness (QED) is 0.367. The summed E-state index contributed by atoms with van der Waals surface area (Å²) in [6.45, 7) is 0. The SMILES string of the molecule is N#Cc1c(Oc2ccc(Cl)cc2)ccc([N+](=O)[O-])c1Oc1ccc(Cl)cc1. The Balaban J connectivity index is 2.05. The van der Waals surface area contributed by atoms with Gasteiger partial charge in [-0.3, -0.25) is 10.1 Å². The van der Waals surface area contributed by atoms with Crippen LogP contribution in [0.5, 0.6) is 23.0 Å². The first-order valence-electron chi connectivity index (χ1n) is 7.56. The Hall–Kier alpha value is -3.27. The van der Waals surface area contributed by atoms with E-state index in [0.717, 1.165) is 0 Å². The van der Waals surface area contributed by atoms with Gasteiger partial charge in [0, 0.05) is 16.1 Å². The van der Waals surface area contributed by atoms with Gasteiger partial charge in [-0.1, -0.05) is 23.2 Å². The van der Waals surface area contributed by atoms with Crippen molar-refractivity contribution in [2.24, 2.45) is 0 Å². The molecule has 0 N–H and O–H groups in total. The maximum absolute atomic E-state index is 11.4. The molecule has 6 nitrogen and oxygen atoms in total. The summed E-state index contributed by atoms with van der Waals surface area (Å²) in [4.78, 5) is 10.8. The van der Waals surface area contributed by atoms with Crippen LogP contribution in [-0.4, -0.2) is 4.92 Å². The number of nitrogens with zero attached hydrogens (tertiary/aromatic N) is 2. The summed E-state index contributed by atoms with van der Waals surface area (Å²) < 4.78 is 11.3. The largest absolute Gasteiger partial charge is 0.456 e. The molecule has 0 saturated carbocycles. The van der Waals surface area contributed by atoms with E-state index in [2.05, 4.69) is 0 Å². The number of rotatable bonds is 5. The first-order valence-corrected chi connectivity index (χ1v) is 8.32. The topological polar surface area (TPSA) is 85.4 Å². The Morgan fingerprint density at radius 1 is 0.852 bits per heavy atom. The summed E-state index contributed by atoms with van der Waals surface area (Å²) in [5.41, 5.74) is -0.459. The van der Waals surface area contributed by atoms with E-state index in [0.29, 0.717) is 21.5 Å². The fraction of sp³-hybridized carbons (Fsp3) is 0. The molecule has 0 radical (unpaired) electrons. The maximum Gasteiger partial charge on any atom is 0.313 e. The highest BCUT2D eigenvalue weighted by molar-refractivity contribution is 6.30. The second-order valence-corrected chi connectivity index (χ2v) is 6.14. The molecule has 0 bridgehead atoms. The van der Waals surface area contributed by atoms with Crippen LogP contribution in [0.15, 0.2) is 60.7 Å². The van der Waals surface area contributed by atoms with Gasteiger partial charge in [0.25, 0.3) is 0 Å². The molecule has 0 aliphatic heterocycles. The molecule has 3 aromatic carbocycles. The molecule has 0 aliphatic carbocycles. The van der Waals surface area contributed by atoms with E-state index in [1.54, 1.807) is 48.5 Å². The molecule has 0 aromatic heterocycles. The average molecular weight is 401 g/mol. The van der Waals surface area contributed by atoms with Crippen molar-refractivity contribution in [3.05, 3.63) is 86.4 Å². The molecule has 8 heteroatoms. The smallest absolute Gasteiger partial charge is 0.313 e. The minimum atomic E-state index is -0.627. The summed E-state index contributed by atoms with van der Waals surface area (Å²) in [7, 11) is 0. The molecule has 0 unspecified atom stereocenters. The van der Waals surface area contributed by atoms with Gasteiger partial charge in [0.1, 0.15) is 28.9 Å². The van der Waals surface area contributed by atoms with E-state index in [4.69, 9.17) is 32.7 Å². The summed E-state index contributed by atoms with van der Waals surface area (Å²) >= 11 is 11.7. The number of halogens is 2. The van der Waals surface area contributed by atoms with E-state index < -0.39 is 4.92 Å². The van der Waals surface area contributed by atoms with Crippen LogP contribution in [0.25, 0.3) is 0 Å². The molecule has 0 spiro atoms. The van der Waals surface area contributed by atoms with Crippen LogP contribution in [0.3, 0.4) is 0 Å². The Morgan fingerprint density at radius 3 is 1.85 bits per heavy atom. The second kappa shape index (κ2) is 7.96. The molecule has 27 heavy (non-hydrogen) atoms. The van der Waals surface area contributed by atoms with Crippen molar-refractivity contribution in [3.63, 3.8) is 0 Å². The van der Waals surface area contributed by atoms with Crippen LogP contribution >= 0.6 is 23.2 Å². The standard InChI is InChI=1S/C19H10Cl2N2O4/c20-12-1-5-14(6-2-12)26-18-10-9-17(23(24)25)19(16(18)11-22)27-15-7-3-13(21)4-8-15/h1-10H. The van der Waals surface area contributed by atoms with E-state index >= 15 is 0 Å². The molecule has 0 atom stereocenters. The molecule has 0 aliphatic rings. The third-order valence-electron chi connectivity index (χ3n) is 3.48. The van der Waals surface area contributed by atoms with Crippen LogP contribution in [0.4, 0.5) is 5.69 Å². The van der Waals surface area contributed by atoms with Gasteiger partial charge < -0.3 is 9.47 Å². The van der Waals surface area contributed by atoms with Crippen molar-refractivity contribution in [1.29, 1.82) is 5.26 Å². The average Bonchev–Trinajstić information content (AvgIpc) is 2.65. The summed E-state index contributed by atoms with van der Waals surface area (Å²) in [6.07, 6.45) is 0. The van der Waals surface area contributed by atoms with E-state index in [1.165, 1.54) is 12.1 Å². The summed E-state index contributed by atoms with van der Waals surface area (Å²) in [6, 6.07) is 17.2. The fourth-order valence-corrected chi connectivity index (χ4v) is 2.49. The second-order valence-electron chi connectivity index (χ2n) is 5.27. The van der Waals surface area contributed by atoms with E-state index in [1.807, 2.05) is 6.07 Å². The van der Waals surface area contributed by atoms with Crippen LogP contribution < -0.4 is 9.47 Å². The lowest BCUT2D eigenvalue weighted by Crippen LogP contribution is -1.98. The van der Waals surface area contributed by atoms with Gasteiger partial charge in [-0.25, -0.2) is 0 Å². The van der Waals surface area contributed by atoms with Gasteiger partial charge in [0.05, 0.1) is 4.92 Å². The molecular formula is C19H10Cl2N2O4. The van der Waals surface area contributed by atoms with Crippen molar-refractivity contribution in [2.45, 2.75) is 0 Å². The highest BCUT2D eigenvalue weighted by atomic mass is 35.5. The van der Waals surface area contributed by atoms with Crippen molar-refractivity contribution in [3.8, 4) is 29.1 Å². The van der Waals surface area contributed by atoms with Gasteiger partial charge >= 0.3 is 5.69 Å². The predicted octanol–water partition coefficient (Wildman–Crippen LogP) is 6.36. The number of ether oxygens (including phenoxy) is 2. The van der Waals surface area contributed by atoms with Crippen LogP contribution in [0, 0.1) is 21.4 Å². The zero-order chi connectivity index (χ0) is 19.4. The fourth-order valence-electron chi connectivity index (χ4n) is 2.24. The first kappa shape index (κ1) is 18.5. The van der Waals surface area contributed by atoms with Crippen LogP contribution in [0.2, 0.25) is 10.0 Å². The molecule has 0 saturated heterocycles. The van der Waals surface area contributed by atoms with Crippen molar-refractivity contribution < 1.29 is 14.4 Å². The van der Waals surface area contributed by atoms with Gasteiger partial charge in [-0.2, -0.15) is 5.26 Å². The monoisotopic (exact) mass is 400 g/mol. The molecule has 0 amide bonds.